The van der Waals surface area contributed by atoms with Gasteiger partial charge in [0.05, 0.1) is 23.4 Å². The highest BCUT2D eigenvalue weighted by atomic mass is 16.6. The Morgan fingerprint density at radius 1 is 0.909 bits per heavy atom. The maximum Gasteiger partial charge on any atom is 0.0914 e. The minimum atomic E-state index is -0.134. The van der Waals surface area contributed by atoms with Crippen molar-refractivity contribution in [3.63, 3.8) is 0 Å². The molecule has 0 aromatic heterocycles. The smallest absolute Gasteiger partial charge is 0.0914 e. The van der Waals surface area contributed by atoms with Gasteiger partial charge in [-0.1, -0.05) is 0 Å². The highest BCUT2D eigenvalue weighted by Gasteiger charge is 2.56. The summed E-state index contributed by atoms with van der Waals surface area (Å²) in [4.78, 5) is 0. The van der Waals surface area contributed by atoms with Crippen molar-refractivity contribution in [3.05, 3.63) is 0 Å². The average molecular weight is 156 g/mol. The number of fused-ring (bicyclic) bond motifs is 1. The maximum absolute atomic E-state index is 5.84. The highest BCUT2D eigenvalue weighted by molar-refractivity contribution is 5.04. The largest absolute Gasteiger partial charge is 0.367 e. The van der Waals surface area contributed by atoms with Crippen LogP contribution >= 0.6 is 0 Å². The molecule has 1 heterocycles. The Hall–Kier alpha value is -0.0800. The first-order chi connectivity index (χ1) is 4.92. The van der Waals surface area contributed by atoms with Crippen LogP contribution in [0.25, 0.3) is 0 Å². The summed E-state index contributed by atoms with van der Waals surface area (Å²) in [6.45, 7) is 8.40. The molecule has 1 aliphatic carbocycles. The Labute approximate surface area is 67.9 Å². The normalized spacial score (nSPS) is 44.7. The third-order valence-corrected chi connectivity index (χ3v) is 3.02. The summed E-state index contributed by atoms with van der Waals surface area (Å²) in [7, 11) is 0. The number of hydrogen-bond donors (Lipinski definition) is 0. The van der Waals surface area contributed by atoms with Gasteiger partial charge in [0.1, 0.15) is 0 Å². The summed E-state index contributed by atoms with van der Waals surface area (Å²) in [6, 6.07) is 0. The fraction of sp³-hybridized carbons (Fsp3) is 1.00. The Balaban J connectivity index is 2.19. The summed E-state index contributed by atoms with van der Waals surface area (Å²) in [5, 5.41) is 0. The molecule has 0 amide bonds. The van der Waals surface area contributed by atoms with Gasteiger partial charge >= 0.3 is 0 Å². The first-order valence-electron chi connectivity index (χ1n) is 4.28. The van der Waals surface area contributed by atoms with E-state index in [0.717, 1.165) is 6.42 Å². The molecule has 0 bridgehead atoms. The van der Waals surface area contributed by atoms with Crippen molar-refractivity contribution in [3.8, 4) is 0 Å². The molecule has 64 valence electrons. The van der Waals surface area contributed by atoms with Gasteiger partial charge in [-0.25, -0.2) is 0 Å². The molecule has 2 fully saturated rings. The van der Waals surface area contributed by atoms with Crippen LogP contribution in [0.3, 0.4) is 0 Å². The zero-order chi connectivity index (χ0) is 8.28. The molecule has 1 saturated carbocycles. The first-order valence-corrected chi connectivity index (χ1v) is 4.28. The molecule has 0 aromatic carbocycles. The van der Waals surface area contributed by atoms with Crippen molar-refractivity contribution >= 4 is 0 Å². The van der Waals surface area contributed by atoms with Gasteiger partial charge in [-0.3, -0.25) is 0 Å². The van der Waals surface area contributed by atoms with Gasteiger partial charge in [-0.15, -0.1) is 0 Å². The second-order valence-electron chi connectivity index (χ2n) is 4.57. The van der Waals surface area contributed by atoms with Crippen LogP contribution in [0.2, 0.25) is 0 Å². The van der Waals surface area contributed by atoms with Crippen molar-refractivity contribution in [2.75, 3.05) is 0 Å². The van der Waals surface area contributed by atoms with Gasteiger partial charge in [0.15, 0.2) is 0 Å². The lowest BCUT2D eigenvalue weighted by Gasteiger charge is -2.44. The van der Waals surface area contributed by atoms with Gasteiger partial charge in [0.25, 0.3) is 0 Å². The lowest BCUT2D eigenvalue weighted by molar-refractivity contribution is -0.233. The van der Waals surface area contributed by atoms with Gasteiger partial charge in [-0.2, -0.15) is 0 Å². The molecular formula is C9H16O2. The van der Waals surface area contributed by atoms with E-state index in [1.807, 2.05) is 0 Å². The molecule has 0 N–H and O–H groups in total. The Bertz CT molecular complexity index is 164. The molecule has 0 spiro atoms. The van der Waals surface area contributed by atoms with Gasteiger partial charge in [0, 0.05) is 6.42 Å². The molecule has 2 nitrogen and oxygen atoms in total. The van der Waals surface area contributed by atoms with E-state index >= 15 is 0 Å². The van der Waals surface area contributed by atoms with Crippen LogP contribution in [-0.2, 0) is 9.47 Å². The highest BCUT2D eigenvalue weighted by Crippen LogP contribution is 2.46. The molecule has 2 unspecified atom stereocenters. The summed E-state index contributed by atoms with van der Waals surface area (Å²) in [5.41, 5.74) is -0.269. The minimum Gasteiger partial charge on any atom is -0.367 e. The predicted octanol–water partition coefficient (Wildman–Crippen LogP) is 1.73. The van der Waals surface area contributed by atoms with Crippen molar-refractivity contribution in [1.82, 2.24) is 0 Å². The van der Waals surface area contributed by atoms with Crippen molar-refractivity contribution in [1.29, 1.82) is 0 Å². The van der Waals surface area contributed by atoms with E-state index in [4.69, 9.17) is 9.47 Å². The molecule has 2 aliphatic rings. The van der Waals surface area contributed by atoms with Gasteiger partial charge < -0.3 is 9.47 Å². The summed E-state index contributed by atoms with van der Waals surface area (Å²) < 4.78 is 11.7. The van der Waals surface area contributed by atoms with Gasteiger partial charge in [-0.05, 0) is 27.7 Å². The van der Waals surface area contributed by atoms with E-state index in [1.54, 1.807) is 0 Å². The summed E-state index contributed by atoms with van der Waals surface area (Å²) in [6.07, 6.45) is 1.86. The Morgan fingerprint density at radius 3 is 1.64 bits per heavy atom. The quantitative estimate of drug-likeness (QED) is 0.531. The van der Waals surface area contributed by atoms with Crippen LogP contribution in [0.15, 0.2) is 0 Å². The second-order valence-corrected chi connectivity index (χ2v) is 4.57. The third-order valence-electron chi connectivity index (χ3n) is 3.02. The Morgan fingerprint density at radius 2 is 1.27 bits per heavy atom. The SMILES string of the molecule is CC1(C)OC2CC2OC1(C)C. The van der Waals surface area contributed by atoms with Crippen LogP contribution < -0.4 is 0 Å². The predicted molar refractivity (Wildman–Crippen MR) is 42.5 cm³/mol. The molecule has 2 rings (SSSR count). The minimum absolute atomic E-state index is 0.134. The topological polar surface area (TPSA) is 18.5 Å². The van der Waals surface area contributed by atoms with Crippen LogP contribution in [0.5, 0.6) is 0 Å². The zero-order valence-electron chi connectivity index (χ0n) is 7.68. The Kier molecular flexibility index (Phi) is 1.24. The average Bonchev–Trinajstić information content (AvgIpc) is 2.42. The van der Waals surface area contributed by atoms with Gasteiger partial charge in [0.2, 0.25) is 0 Å². The summed E-state index contributed by atoms with van der Waals surface area (Å²) >= 11 is 0. The number of hydrogen-bond acceptors (Lipinski definition) is 2. The molecule has 0 aromatic rings. The van der Waals surface area contributed by atoms with E-state index in [0.29, 0.717) is 12.2 Å². The molecule has 2 atom stereocenters. The molecule has 1 saturated heterocycles. The van der Waals surface area contributed by atoms with E-state index in [-0.39, 0.29) is 11.2 Å². The van der Waals surface area contributed by atoms with E-state index in [2.05, 4.69) is 27.7 Å². The second kappa shape index (κ2) is 1.80. The summed E-state index contributed by atoms with van der Waals surface area (Å²) in [5.74, 6) is 0. The fourth-order valence-electron chi connectivity index (χ4n) is 1.44. The van der Waals surface area contributed by atoms with Crippen molar-refractivity contribution in [2.45, 2.75) is 57.5 Å². The van der Waals surface area contributed by atoms with Crippen LogP contribution in [0.1, 0.15) is 34.1 Å². The lowest BCUT2D eigenvalue weighted by atomic mass is 9.88. The van der Waals surface area contributed by atoms with Crippen molar-refractivity contribution in [2.24, 2.45) is 0 Å². The standard InChI is InChI=1S/C9H16O2/c1-8(2)9(3,4)11-7-5-6(7)10-8/h6-7H,5H2,1-4H3. The molecular weight excluding hydrogens is 140 g/mol. The lowest BCUT2D eigenvalue weighted by Crippen LogP contribution is -2.53. The molecule has 11 heavy (non-hydrogen) atoms. The van der Waals surface area contributed by atoms with E-state index in [9.17, 15) is 0 Å². The third kappa shape index (κ3) is 1.00. The molecule has 1 aliphatic heterocycles. The molecule has 2 heteroatoms. The first kappa shape index (κ1) is 7.56. The van der Waals surface area contributed by atoms with E-state index < -0.39 is 0 Å². The monoisotopic (exact) mass is 156 g/mol. The zero-order valence-corrected chi connectivity index (χ0v) is 7.68. The van der Waals surface area contributed by atoms with E-state index in [1.165, 1.54) is 0 Å². The van der Waals surface area contributed by atoms with Crippen molar-refractivity contribution < 1.29 is 9.47 Å². The number of rotatable bonds is 0. The van der Waals surface area contributed by atoms with Crippen LogP contribution in [0.4, 0.5) is 0 Å². The van der Waals surface area contributed by atoms with Crippen LogP contribution in [-0.4, -0.2) is 23.4 Å². The fourth-order valence-corrected chi connectivity index (χ4v) is 1.44. The number of ether oxygens (including phenoxy) is 2. The molecule has 0 radical (unpaired) electrons. The van der Waals surface area contributed by atoms with Crippen LogP contribution in [0, 0.1) is 0 Å². The maximum atomic E-state index is 5.84.